The number of nitrogens with one attached hydrogen (secondary N) is 1. The molecule has 3 aromatic rings. The van der Waals surface area contributed by atoms with Gasteiger partial charge in [0.25, 0.3) is 0 Å². The zero-order valence-corrected chi connectivity index (χ0v) is 18.6. The molecular weight excluding hydrogens is 392 g/mol. The zero-order chi connectivity index (χ0) is 22.3. The average molecular weight is 423 g/mol. The molecular formula is C25H30N2O4. The summed E-state index contributed by atoms with van der Waals surface area (Å²) in [5.41, 5.74) is 2.29. The Morgan fingerprint density at radius 1 is 1.03 bits per heavy atom. The van der Waals surface area contributed by atoms with E-state index in [1.807, 2.05) is 36.4 Å². The summed E-state index contributed by atoms with van der Waals surface area (Å²) < 4.78 is 16.6. The van der Waals surface area contributed by atoms with Gasteiger partial charge in [0.2, 0.25) is 5.91 Å². The van der Waals surface area contributed by atoms with Gasteiger partial charge in [0.15, 0.2) is 11.7 Å². The summed E-state index contributed by atoms with van der Waals surface area (Å²) in [6, 6.07) is 15.6. The smallest absolute Gasteiger partial charge is 0.220 e. The summed E-state index contributed by atoms with van der Waals surface area (Å²) in [7, 11) is 1.63. The van der Waals surface area contributed by atoms with Crippen LogP contribution in [0, 0.1) is 0 Å². The van der Waals surface area contributed by atoms with E-state index < -0.39 is 0 Å². The molecule has 1 aromatic heterocycles. The zero-order valence-electron chi connectivity index (χ0n) is 18.6. The maximum atomic E-state index is 12.1. The highest BCUT2D eigenvalue weighted by atomic mass is 16.5. The van der Waals surface area contributed by atoms with Crippen LogP contribution in [0.25, 0.3) is 11.3 Å². The van der Waals surface area contributed by atoms with E-state index >= 15 is 0 Å². The van der Waals surface area contributed by atoms with Crippen molar-refractivity contribution in [1.82, 2.24) is 10.3 Å². The number of aryl methyl sites for hydroxylation is 1. The van der Waals surface area contributed by atoms with Gasteiger partial charge in [-0.2, -0.15) is 0 Å². The normalized spacial score (nSPS) is 11.2. The van der Waals surface area contributed by atoms with E-state index in [2.05, 4.69) is 43.2 Å². The van der Waals surface area contributed by atoms with Crippen molar-refractivity contribution >= 4 is 5.91 Å². The van der Waals surface area contributed by atoms with Crippen molar-refractivity contribution in [1.29, 1.82) is 0 Å². The van der Waals surface area contributed by atoms with Crippen molar-refractivity contribution in [2.45, 2.75) is 39.0 Å². The Kier molecular flexibility index (Phi) is 7.34. The van der Waals surface area contributed by atoms with Crippen molar-refractivity contribution in [3.63, 3.8) is 0 Å². The minimum absolute atomic E-state index is 0.0594. The standard InChI is InChI=1S/C25H30N2O4/c1-25(2,3)19-7-11-21(12-8-19)30-16-15-26-23(28)13-14-24-27-17-22(31-24)18-5-9-20(29-4)10-6-18/h5-12,17H,13-16H2,1-4H3,(H,26,28). The second kappa shape index (κ2) is 10.2. The molecule has 0 fully saturated rings. The van der Waals surface area contributed by atoms with Crippen LogP contribution in [0.1, 0.15) is 38.6 Å². The van der Waals surface area contributed by atoms with Gasteiger partial charge >= 0.3 is 0 Å². The first kappa shape index (κ1) is 22.4. The van der Waals surface area contributed by atoms with Crippen LogP contribution in [-0.4, -0.2) is 31.2 Å². The Morgan fingerprint density at radius 3 is 2.35 bits per heavy atom. The maximum absolute atomic E-state index is 12.1. The summed E-state index contributed by atoms with van der Waals surface area (Å²) in [6.45, 7) is 7.40. The average Bonchev–Trinajstić information content (AvgIpc) is 3.24. The minimum Gasteiger partial charge on any atom is -0.497 e. The summed E-state index contributed by atoms with van der Waals surface area (Å²) in [6.07, 6.45) is 2.42. The third kappa shape index (κ3) is 6.60. The molecule has 0 aliphatic heterocycles. The fourth-order valence-electron chi connectivity index (χ4n) is 3.03. The SMILES string of the molecule is COc1ccc(-c2cnc(CCC(=O)NCCOc3ccc(C(C)(C)C)cc3)o2)cc1. The summed E-state index contributed by atoms with van der Waals surface area (Å²) in [5.74, 6) is 2.73. The third-order valence-electron chi connectivity index (χ3n) is 4.91. The molecule has 1 heterocycles. The van der Waals surface area contributed by atoms with Crippen molar-refractivity contribution in [3.05, 3.63) is 66.2 Å². The van der Waals surface area contributed by atoms with Gasteiger partial charge in [-0.25, -0.2) is 4.98 Å². The number of carbonyl (C=O) groups is 1. The molecule has 0 radical (unpaired) electrons. The van der Waals surface area contributed by atoms with Gasteiger partial charge in [0, 0.05) is 18.4 Å². The minimum atomic E-state index is -0.0594. The first-order valence-corrected chi connectivity index (χ1v) is 10.4. The number of ether oxygens (including phenoxy) is 2. The van der Waals surface area contributed by atoms with Gasteiger partial charge in [0.05, 0.1) is 19.9 Å². The summed E-state index contributed by atoms with van der Waals surface area (Å²) in [4.78, 5) is 16.3. The Morgan fingerprint density at radius 2 is 1.71 bits per heavy atom. The van der Waals surface area contributed by atoms with Gasteiger partial charge in [-0.3, -0.25) is 4.79 Å². The number of methoxy groups -OCH3 is 1. The number of carbonyl (C=O) groups excluding carboxylic acids is 1. The molecule has 0 bridgehead atoms. The topological polar surface area (TPSA) is 73.6 Å². The van der Waals surface area contributed by atoms with Crippen LogP contribution in [0.5, 0.6) is 11.5 Å². The predicted octanol–water partition coefficient (Wildman–Crippen LogP) is 4.78. The van der Waals surface area contributed by atoms with Crippen molar-refractivity contribution in [3.8, 4) is 22.8 Å². The fourth-order valence-corrected chi connectivity index (χ4v) is 3.03. The Bertz CT molecular complexity index is 970. The molecule has 6 nitrogen and oxygen atoms in total. The van der Waals surface area contributed by atoms with E-state index in [-0.39, 0.29) is 11.3 Å². The van der Waals surface area contributed by atoms with Crippen LogP contribution >= 0.6 is 0 Å². The van der Waals surface area contributed by atoms with Crippen LogP contribution in [0.15, 0.2) is 59.1 Å². The molecule has 0 aliphatic carbocycles. The Balaban J connectivity index is 1.37. The number of hydrogen-bond donors (Lipinski definition) is 1. The number of aromatic nitrogens is 1. The lowest BCUT2D eigenvalue weighted by atomic mass is 9.87. The first-order valence-electron chi connectivity index (χ1n) is 10.4. The number of amides is 1. The Labute approximate surface area is 183 Å². The van der Waals surface area contributed by atoms with Gasteiger partial charge in [-0.1, -0.05) is 32.9 Å². The van der Waals surface area contributed by atoms with E-state index in [0.717, 1.165) is 17.1 Å². The highest BCUT2D eigenvalue weighted by Gasteiger charge is 2.13. The molecule has 0 aliphatic rings. The number of nitrogens with zero attached hydrogens (tertiary/aromatic N) is 1. The second-order valence-corrected chi connectivity index (χ2v) is 8.32. The summed E-state index contributed by atoms with van der Waals surface area (Å²) in [5, 5.41) is 2.86. The number of hydrogen-bond acceptors (Lipinski definition) is 5. The second-order valence-electron chi connectivity index (χ2n) is 8.32. The van der Waals surface area contributed by atoms with Crippen LogP contribution in [-0.2, 0) is 16.6 Å². The van der Waals surface area contributed by atoms with E-state index in [1.165, 1.54) is 5.56 Å². The molecule has 2 aromatic carbocycles. The molecule has 0 saturated heterocycles. The molecule has 1 amide bonds. The highest BCUT2D eigenvalue weighted by molar-refractivity contribution is 5.76. The molecule has 0 atom stereocenters. The van der Waals surface area contributed by atoms with E-state index in [9.17, 15) is 4.79 Å². The molecule has 0 spiro atoms. The molecule has 164 valence electrons. The lowest BCUT2D eigenvalue weighted by Gasteiger charge is -2.19. The third-order valence-corrected chi connectivity index (χ3v) is 4.91. The van der Waals surface area contributed by atoms with Crippen molar-refractivity contribution in [2.24, 2.45) is 0 Å². The number of benzene rings is 2. The van der Waals surface area contributed by atoms with Gasteiger partial charge < -0.3 is 19.2 Å². The fraction of sp³-hybridized carbons (Fsp3) is 0.360. The van der Waals surface area contributed by atoms with Crippen LogP contribution < -0.4 is 14.8 Å². The quantitative estimate of drug-likeness (QED) is 0.503. The monoisotopic (exact) mass is 422 g/mol. The molecule has 6 heteroatoms. The summed E-state index contributed by atoms with van der Waals surface area (Å²) >= 11 is 0. The van der Waals surface area contributed by atoms with Crippen LogP contribution in [0.2, 0.25) is 0 Å². The van der Waals surface area contributed by atoms with Gasteiger partial charge in [0.1, 0.15) is 18.1 Å². The number of rotatable bonds is 9. The molecule has 0 saturated carbocycles. The van der Waals surface area contributed by atoms with Crippen molar-refractivity contribution in [2.75, 3.05) is 20.3 Å². The van der Waals surface area contributed by atoms with Crippen LogP contribution in [0.3, 0.4) is 0 Å². The molecule has 3 rings (SSSR count). The molecule has 0 unspecified atom stereocenters. The largest absolute Gasteiger partial charge is 0.497 e. The first-order chi connectivity index (χ1) is 14.8. The van der Waals surface area contributed by atoms with E-state index in [4.69, 9.17) is 13.9 Å². The maximum Gasteiger partial charge on any atom is 0.220 e. The van der Waals surface area contributed by atoms with E-state index in [0.29, 0.717) is 37.6 Å². The van der Waals surface area contributed by atoms with Gasteiger partial charge in [-0.15, -0.1) is 0 Å². The lowest BCUT2D eigenvalue weighted by molar-refractivity contribution is -0.121. The lowest BCUT2D eigenvalue weighted by Crippen LogP contribution is -2.28. The number of oxazole rings is 1. The van der Waals surface area contributed by atoms with Gasteiger partial charge in [-0.05, 0) is 47.4 Å². The van der Waals surface area contributed by atoms with Crippen molar-refractivity contribution < 1.29 is 18.7 Å². The predicted molar refractivity (Wildman–Crippen MR) is 120 cm³/mol. The van der Waals surface area contributed by atoms with Crippen LogP contribution in [0.4, 0.5) is 0 Å². The molecule has 1 N–H and O–H groups in total. The van der Waals surface area contributed by atoms with E-state index in [1.54, 1.807) is 13.3 Å². The Hall–Kier alpha value is -3.28. The highest BCUT2D eigenvalue weighted by Crippen LogP contribution is 2.25. The molecule has 31 heavy (non-hydrogen) atoms.